The van der Waals surface area contributed by atoms with Crippen molar-refractivity contribution in [2.45, 2.75) is 6.92 Å². The Morgan fingerprint density at radius 1 is 1.25 bits per heavy atom. The van der Waals surface area contributed by atoms with Crippen molar-refractivity contribution in [1.82, 2.24) is 4.98 Å². The van der Waals surface area contributed by atoms with Crippen LogP contribution in [-0.4, -0.2) is 4.98 Å². The summed E-state index contributed by atoms with van der Waals surface area (Å²) in [5.41, 5.74) is 1.17. The maximum atomic E-state index is 4.18. The fraction of sp³-hybridized carbons (Fsp3) is 0.100. The standard InChI is InChI=1S/C10H8NS/c1-8-7-11-10(12-8)9-5-3-2-4-6-9/h2-6H,1H3. The Balaban J connectivity index is 2.45. The Labute approximate surface area is 75.7 Å². The predicted molar refractivity (Wildman–Crippen MR) is 51.1 cm³/mol. The number of aromatic nitrogens is 1. The average molecular weight is 174 g/mol. The molecule has 0 saturated carbocycles. The lowest BCUT2D eigenvalue weighted by Gasteiger charge is -1.92. The molecule has 1 heterocycles. The molecule has 1 aromatic carbocycles. The van der Waals surface area contributed by atoms with Gasteiger partial charge in [0, 0.05) is 10.4 Å². The maximum absolute atomic E-state index is 4.18. The minimum Gasteiger partial charge on any atom is -0.234 e. The van der Waals surface area contributed by atoms with Gasteiger partial charge in [0.05, 0.1) is 0 Å². The summed E-state index contributed by atoms with van der Waals surface area (Å²) in [6.45, 7) is 2.02. The van der Waals surface area contributed by atoms with Gasteiger partial charge in [-0.15, -0.1) is 11.3 Å². The molecular weight excluding hydrogens is 166 g/mol. The van der Waals surface area contributed by atoms with E-state index < -0.39 is 0 Å². The molecule has 0 N–H and O–H groups in total. The summed E-state index contributed by atoms with van der Waals surface area (Å²) in [5.74, 6) is 0. The van der Waals surface area contributed by atoms with Crippen molar-refractivity contribution >= 4 is 11.3 Å². The lowest BCUT2D eigenvalue weighted by atomic mass is 10.2. The van der Waals surface area contributed by atoms with Gasteiger partial charge in [-0.2, -0.15) is 0 Å². The molecule has 0 aliphatic heterocycles. The fourth-order valence-electron chi connectivity index (χ4n) is 1.02. The molecule has 0 fully saturated rings. The minimum absolute atomic E-state index is 1.05. The normalized spacial score (nSPS) is 10.1. The van der Waals surface area contributed by atoms with Crippen LogP contribution >= 0.6 is 11.3 Å². The van der Waals surface area contributed by atoms with Crippen LogP contribution in [-0.2, 0) is 0 Å². The fourth-order valence-corrected chi connectivity index (χ4v) is 1.75. The van der Waals surface area contributed by atoms with Gasteiger partial charge < -0.3 is 0 Å². The van der Waals surface area contributed by atoms with Crippen LogP contribution in [0.15, 0.2) is 30.3 Å². The van der Waals surface area contributed by atoms with E-state index in [2.05, 4.69) is 23.3 Å². The summed E-state index contributed by atoms with van der Waals surface area (Å²) in [6, 6.07) is 10.2. The zero-order valence-electron chi connectivity index (χ0n) is 6.74. The second-order valence-electron chi connectivity index (χ2n) is 2.55. The molecule has 2 heteroatoms. The highest BCUT2D eigenvalue weighted by Crippen LogP contribution is 2.23. The molecule has 0 atom stereocenters. The van der Waals surface area contributed by atoms with Crippen molar-refractivity contribution in [3.8, 4) is 10.6 Å². The number of rotatable bonds is 1. The third-order valence-corrected chi connectivity index (χ3v) is 2.50. The van der Waals surface area contributed by atoms with E-state index in [-0.39, 0.29) is 0 Å². The van der Waals surface area contributed by atoms with Crippen LogP contribution in [0, 0.1) is 13.1 Å². The molecule has 12 heavy (non-hydrogen) atoms. The van der Waals surface area contributed by atoms with Gasteiger partial charge in [0.1, 0.15) is 11.2 Å². The van der Waals surface area contributed by atoms with Crippen molar-refractivity contribution in [3.05, 3.63) is 41.4 Å². The minimum atomic E-state index is 1.05. The summed E-state index contributed by atoms with van der Waals surface area (Å²) in [6.07, 6.45) is 2.94. The Morgan fingerprint density at radius 3 is 2.58 bits per heavy atom. The molecule has 2 rings (SSSR count). The van der Waals surface area contributed by atoms with Crippen LogP contribution in [0.2, 0.25) is 0 Å². The van der Waals surface area contributed by atoms with Gasteiger partial charge in [-0.05, 0) is 6.92 Å². The van der Waals surface area contributed by atoms with Crippen LogP contribution in [0.5, 0.6) is 0 Å². The van der Waals surface area contributed by atoms with Crippen LogP contribution in [0.3, 0.4) is 0 Å². The predicted octanol–water partition coefficient (Wildman–Crippen LogP) is 2.92. The van der Waals surface area contributed by atoms with Crippen molar-refractivity contribution < 1.29 is 0 Å². The number of aryl methyl sites for hydroxylation is 1. The molecule has 1 nitrogen and oxygen atoms in total. The second kappa shape index (κ2) is 3.07. The molecule has 0 unspecified atom stereocenters. The van der Waals surface area contributed by atoms with E-state index >= 15 is 0 Å². The summed E-state index contributed by atoms with van der Waals surface area (Å²) in [4.78, 5) is 5.31. The highest BCUT2D eigenvalue weighted by molar-refractivity contribution is 7.14. The van der Waals surface area contributed by atoms with E-state index in [1.807, 2.05) is 25.1 Å². The third-order valence-electron chi connectivity index (χ3n) is 1.59. The lowest BCUT2D eigenvalue weighted by Crippen LogP contribution is -1.71. The Kier molecular flexibility index (Phi) is 1.92. The van der Waals surface area contributed by atoms with E-state index in [0.717, 1.165) is 9.88 Å². The molecular formula is C10H8NS. The van der Waals surface area contributed by atoms with Crippen molar-refractivity contribution in [1.29, 1.82) is 0 Å². The van der Waals surface area contributed by atoms with Gasteiger partial charge in [0.15, 0.2) is 0 Å². The average Bonchev–Trinajstić information content (AvgIpc) is 2.54. The smallest absolute Gasteiger partial charge is 0.124 e. The van der Waals surface area contributed by atoms with E-state index in [1.54, 1.807) is 11.3 Å². The Hall–Kier alpha value is -1.15. The highest BCUT2D eigenvalue weighted by atomic mass is 32.1. The molecule has 0 spiro atoms. The van der Waals surface area contributed by atoms with Crippen molar-refractivity contribution in [2.75, 3.05) is 0 Å². The van der Waals surface area contributed by atoms with Crippen LogP contribution in [0.4, 0.5) is 0 Å². The first-order valence-corrected chi connectivity index (χ1v) is 4.58. The molecule has 59 valence electrons. The van der Waals surface area contributed by atoms with Gasteiger partial charge in [0.25, 0.3) is 0 Å². The monoisotopic (exact) mass is 174 g/mol. The number of hydrogen-bond acceptors (Lipinski definition) is 2. The van der Waals surface area contributed by atoms with Crippen LogP contribution in [0.25, 0.3) is 10.6 Å². The molecule has 2 aromatic rings. The van der Waals surface area contributed by atoms with Gasteiger partial charge in [-0.25, -0.2) is 4.98 Å². The lowest BCUT2D eigenvalue weighted by molar-refractivity contribution is 1.36. The largest absolute Gasteiger partial charge is 0.234 e. The van der Waals surface area contributed by atoms with Gasteiger partial charge in [0.2, 0.25) is 0 Å². The summed E-state index contributed by atoms with van der Waals surface area (Å²) in [7, 11) is 0. The number of nitrogens with zero attached hydrogens (tertiary/aromatic N) is 1. The number of hydrogen-bond donors (Lipinski definition) is 0. The quantitative estimate of drug-likeness (QED) is 0.647. The van der Waals surface area contributed by atoms with E-state index in [0.29, 0.717) is 0 Å². The first-order chi connectivity index (χ1) is 5.86. The summed E-state index contributed by atoms with van der Waals surface area (Å²) in [5, 5.41) is 1.05. The zero-order valence-corrected chi connectivity index (χ0v) is 7.56. The molecule has 0 amide bonds. The van der Waals surface area contributed by atoms with Crippen LogP contribution in [0.1, 0.15) is 4.88 Å². The van der Waals surface area contributed by atoms with Gasteiger partial charge >= 0.3 is 0 Å². The first kappa shape index (κ1) is 7.50. The van der Waals surface area contributed by atoms with E-state index in [4.69, 9.17) is 0 Å². The summed E-state index contributed by atoms with van der Waals surface area (Å²) >= 11 is 1.67. The molecule has 0 bridgehead atoms. The molecule has 1 radical (unpaired) electrons. The number of benzene rings is 1. The van der Waals surface area contributed by atoms with Crippen LogP contribution < -0.4 is 0 Å². The molecule has 0 aliphatic rings. The SMILES string of the molecule is Cc1[c]nc(-c2ccccc2)s1. The zero-order chi connectivity index (χ0) is 8.39. The molecule has 0 aliphatic carbocycles. The van der Waals surface area contributed by atoms with Gasteiger partial charge in [-0.3, -0.25) is 0 Å². The molecule has 0 saturated heterocycles. The molecule has 1 aromatic heterocycles. The first-order valence-electron chi connectivity index (χ1n) is 3.77. The van der Waals surface area contributed by atoms with Crippen molar-refractivity contribution in [2.24, 2.45) is 0 Å². The topological polar surface area (TPSA) is 12.9 Å². The second-order valence-corrected chi connectivity index (χ2v) is 3.76. The third kappa shape index (κ3) is 1.38. The summed E-state index contributed by atoms with van der Waals surface area (Å²) < 4.78 is 0. The van der Waals surface area contributed by atoms with E-state index in [9.17, 15) is 0 Å². The van der Waals surface area contributed by atoms with E-state index in [1.165, 1.54) is 5.56 Å². The highest BCUT2D eigenvalue weighted by Gasteiger charge is 2.00. The maximum Gasteiger partial charge on any atom is 0.124 e. The Bertz CT molecular complexity index is 364. The Morgan fingerprint density at radius 2 is 2.00 bits per heavy atom. The van der Waals surface area contributed by atoms with Gasteiger partial charge in [-0.1, -0.05) is 30.3 Å². The number of thiazole rings is 1. The van der Waals surface area contributed by atoms with Crippen molar-refractivity contribution in [3.63, 3.8) is 0 Å².